The van der Waals surface area contributed by atoms with Crippen LogP contribution in [0.25, 0.3) is 0 Å². The van der Waals surface area contributed by atoms with Crippen molar-refractivity contribution in [3.63, 3.8) is 0 Å². The van der Waals surface area contributed by atoms with Crippen LogP contribution in [0.4, 0.5) is 10.8 Å². The van der Waals surface area contributed by atoms with Crippen molar-refractivity contribution in [2.75, 3.05) is 11.1 Å². The number of nitrogens with zero attached hydrogens (tertiary/aromatic N) is 2. The van der Waals surface area contributed by atoms with E-state index in [1.807, 2.05) is 13.0 Å². The van der Waals surface area contributed by atoms with Crippen LogP contribution in [-0.4, -0.2) is 27.0 Å². The van der Waals surface area contributed by atoms with Crippen LogP contribution in [0, 0.1) is 6.92 Å². The second-order valence-corrected chi connectivity index (χ2v) is 7.22. The summed E-state index contributed by atoms with van der Waals surface area (Å²) in [6, 6.07) is 3.71. The number of nitrogens with one attached hydrogen (secondary N) is 1. The predicted molar refractivity (Wildman–Crippen MR) is 85.4 cm³/mol. The van der Waals surface area contributed by atoms with Gasteiger partial charge in [-0.25, -0.2) is 0 Å². The van der Waals surface area contributed by atoms with Gasteiger partial charge in [-0.05, 0) is 40.5 Å². The smallest absolute Gasteiger partial charge is 0.313 e. The van der Waals surface area contributed by atoms with Crippen molar-refractivity contribution in [2.24, 2.45) is 0 Å². The van der Waals surface area contributed by atoms with E-state index in [2.05, 4.69) is 31.4 Å². The molecule has 0 aliphatic carbocycles. The number of rotatable bonds is 5. The van der Waals surface area contributed by atoms with Crippen LogP contribution in [0.2, 0.25) is 5.02 Å². The number of carboxylic acids is 1. The molecule has 0 atom stereocenters. The molecule has 0 aliphatic rings. The third-order valence-corrected chi connectivity index (χ3v) is 5.24. The number of aryl methyl sites for hydroxylation is 1. The highest BCUT2D eigenvalue weighted by Crippen LogP contribution is 2.33. The van der Waals surface area contributed by atoms with Gasteiger partial charge in [-0.1, -0.05) is 34.7 Å². The number of carboxylic acid groups (broad SMARTS) is 1. The highest BCUT2D eigenvalue weighted by atomic mass is 79.9. The standard InChI is InChI=1S/C11H9BrClN3O2S2/c1-5-2-6(12)8(3-7(5)13)14-10-15-16-11(20-10)19-4-9(17)18/h2-3H,4H2,1H3,(H,14,15)(H,17,18). The maximum atomic E-state index is 10.5. The van der Waals surface area contributed by atoms with Gasteiger partial charge in [0.1, 0.15) is 0 Å². The van der Waals surface area contributed by atoms with E-state index in [1.54, 1.807) is 6.07 Å². The van der Waals surface area contributed by atoms with E-state index < -0.39 is 5.97 Å². The fraction of sp³-hybridized carbons (Fsp3) is 0.182. The molecule has 2 aromatic rings. The molecule has 1 heterocycles. The van der Waals surface area contributed by atoms with Crippen molar-refractivity contribution in [1.82, 2.24) is 10.2 Å². The molecule has 1 aromatic heterocycles. The highest BCUT2D eigenvalue weighted by Gasteiger charge is 2.10. The quantitative estimate of drug-likeness (QED) is 0.741. The van der Waals surface area contributed by atoms with Gasteiger partial charge in [0.05, 0.1) is 11.4 Å². The SMILES string of the molecule is Cc1cc(Br)c(Nc2nnc(SCC(=O)O)s2)cc1Cl. The highest BCUT2D eigenvalue weighted by molar-refractivity contribution is 9.10. The van der Waals surface area contributed by atoms with Crippen molar-refractivity contribution < 1.29 is 9.90 Å². The van der Waals surface area contributed by atoms with E-state index in [4.69, 9.17) is 16.7 Å². The van der Waals surface area contributed by atoms with Crippen molar-refractivity contribution in [2.45, 2.75) is 11.3 Å². The second kappa shape index (κ2) is 6.75. The Morgan fingerprint density at radius 3 is 3.00 bits per heavy atom. The van der Waals surface area contributed by atoms with Crippen molar-refractivity contribution in [1.29, 1.82) is 0 Å². The zero-order valence-electron chi connectivity index (χ0n) is 10.2. The van der Waals surface area contributed by atoms with Gasteiger partial charge in [0.2, 0.25) is 5.13 Å². The van der Waals surface area contributed by atoms with Crippen molar-refractivity contribution in [3.05, 3.63) is 27.2 Å². The minimum absolute atomic E-state index is 0.0330. The first-order valence-corrected chi connectivity index (χ1v) is 8.34. The summed E-state index contributed by atoms with van der Waals surface area (Å²) in [5.41, 5.74) is 1.76. The third kappa shape index (κ3) is 4.08. The van der Waals surface area contributed by atoms with Gasteiger partial charge in [-0.3, -0.25) is 4.79 Å². The number of anilines is 2. The van der Waals surface area contributed by atoms with Gasteiger partial charge in [-0.2, -0.15) is 0 Å². The Morgan fingerprint density at radius 2 is 2.30 bits per heavy atom. The Hall–Kier alpha value is -0.830. The summed E-state index contributed by atoms with van der Waals surface area (Å²) in [6.45, 7) is 1.92. The molecule has 0 amide bonds. The van der Waals surface area contributed by atoms with Crippen LogP contribution < -0.4 is 5.32 Å². The average molecular weight is 395 g/mol. The summed E-state index contributed by atoms with van der Waals surface area (Å²) in [4.78, 5) is 10.5. The fourth-order valence-electron chi connectivity index (χ4n) is 1.30. The number of halogens is 2. The molecule has 0 spiro atoms. The lowest BCUT2D eigenvalue weighted by molar-refractivity contribution is -0.133. The number of hydrogen-bond donors (Lipinski definition) is 2. The maximum absolute atomic E-state index is 10.5. The molecule has 1 aromatic carbocycles. The molecule has 0 saturated heterocycles. The number of aromatic nitrogens is 2. The van der Waals surface area contributed by atoms with E-state index in [-0.39, 0.29) is 5.75 Å². The Balaban J connectivity index is 2.10. The first kappa shape index (κ1) is 15.6. The second-order valence-electron chi connectivity index (χ2n) is 3.76. The molecular weight excluding hydrogens is 386 g/mol. The Morgan fingerprint density at radius 1 is 1.55 bits per heavy atom. The molecule has 0 bridgehead atoms. The normalized spacial score (nSPS) is 10.6. The van der Waals surface area contributed by atoms with Gasteiger partial charge in [-0.15, -0.1) is 10.2 Å². The third-order valence-electron chi connectivity index (χ3n) is 2.22. The lowest BCUT2D eigenvalue weighted by atomic mass is 10.2. The van der Waals surface area contributed by atoms with Gasteiger partial charge in [0, 0.05) is 9.50 Å². The van der Waals surface area contributed by atoms with Crippen LogP contribution in [0.3, 0.4) is 0 Å². The lowest BCUT2D eigenvalue weighted by Gasteiger charge is -2.07. The Bertz CT molecular complexity index is 651. The van der Waals surface area contributed by atoms with Crippen LogP contribution in [0.15, 0.2) is 20.9 Å². The minimum atomic E-state index is -0.882. The van der Waals surface area contributed by atoms with Crippen LogP contribution in [0.1, 0.15) is 5.56 Å². The van der Waals surface area contributed by atoms with Crippen molar-refractivity contribution >= 4 is 67.4 Å². The zero-order chi connectivity index (χ0) is 14.7. The summed E-state index contributed by atoms with van der Waals surface area (Å²) in [5.74, 6) is -0.915. The van der Waals surface area contributed by atoms with E-state index >= 15 is 0 Å². The van der Waals surface area contributed by atoms with Crippen molar-refractivity contribution in [3.8, 4) is 0 Å². The molecular formula is C11H9BrClN3O2S2. The molecule has 9 heteroatoms. The summed E-state index contributed by atoms with van der Waals surface area (Å²) >= 11 is 12.0. The van der Waals surface area contributed by atoms with E-state index in [1.165, 1.54) is 11.3 Å². The molecule has 0 fully saturated rings. The summed E-state index contributed by atoms with van der Waals surface area (Å²) in [6.07, 6.45) is 0. The predicted octanol–water partition coefficient (Wildman–Crippen LogP) is 4.18. The van der Waals surface area contributed by atoms with Gasteiger partial charge in [0.25, 0.3) is 0 Å². The van der Waals surface area contributed by atoms with Gasteiger partial charge < -0.3 is 10.4 Å². The number of hydrogen-bond acceptors (Lipinski definition) is 6. The van der Waals surface area contributed by atoms with E-state index in [0.717, 1.165) is 27.5 Å². The Labute approximate surface area is 136 Å². The molecule has 20 heavy (non-hydrogen) atoms. The van der Waals surface area contributed by atoms with Gasteiger partial charge >= 0.3 is 5.97 Å². The molecule has 0 radical (unpaired) electrons. The summed E-state index contributed by atoms with van der Waals surface area (Å²) in [5, 5.41) is 20.8. The first-order chi connectivity index (χ1) is 9.45. The minimum Gasteiger partial charge on any atom is -0.481 e. The number of thioether (sulfide) groups is 1. The van der Waals surface area contributed by atoms with Crippen LogP contribution in [0.5, 0.6) is 0 Å². The van der Waals surface area contributed by atoms with Crippen LogP contribution in [-0.2, 0) is 4.79 Å². The monoisotopic (exact) mass is 393 g/mol. The number of benzene rings is 1. The topological polar surface area (TPSA) is 75.1 Å². The molecule has 2 rings (SSSR count). The molecule has 0 saturated carbocycles. The van der Waals surface area contributed by atoms with Gasteiger partial charge in [0.15, 0.2) is 4.34 Å². The Kier molecular flexibility index (Phi) is 5.25. The zero-order valence-corrected chi connectivity index (χ0v) is 14.2. The van der Waals surface area contributed by atoms with E-state index in [0.29, 0.717) is 14.5 Å². The first-order valence-electron chi connectivity index (χ1n) is 5.36. The number of aliphatic carboxylic acids is 1. The van der Waals surface area contributed by atoms with Crippen LogP contribution >= 0.6 is 50.6 Å². The maximum Gasteiger partial charge on any atom is 0.313 e. The lowest BCUT2D eigenvalue weighted by Crippen LogP contribution is -1.96. The largest absolute Gasteiger partial charge is 0.481 e. The summed E-state index contributed by atoms with van der Waals surface area (Å²) < 4.78 is 1.47. The molecule has 106 valence electrons. The molecule has 2 N–H and O–H groups in total. The molecule has 0 aliphatic heterocycles. The molecule has 0 unspecified atom stereocenters. The number of carbonyl (C=O) groups is 1. The molecule has 5 nitrogen and oxygen atoms in total. The fourth-order valence-corrected chi connectivity index (χ4v) is 3.50. The average Bonchev–Trinajstić information content (AvgIpc) is 2.81. The van der Waals surface area contributed by atoms with E-state index in [9.17, 15) is 4.79 Å². The summed E-state index contributed by atoms with van der Waals surface area (Å²) in [7, 11) is 0.